The number of nitrogens with one attached hydrogen (secondary N) is 2. The van der Waals surface area contributed by atoms with Crippen LogP contribution in [0.5, 0.6) is 11.6 Å². The number of hydrogen-bond donors (Lipinski definition) is 3. The number of esters is 1. The van der Waals surface area contributed by atoms with E-state index in [1.54, 1.807) is 54.9 Å². The number of sulfonamides is 1. The molecule has 0 saturated carbocycles. The van der Waals surface area contributed by atoms with Gasteiger partial charge in [0.1, 0.15) is 5.75 Å². The second-order valence-corrected chi connectivity index (χ2v) is 13.3. The van der Waals surface area contributed by atoms with Gasteiger partial charge in [-0.3, -0.25) is 4.72 Å². The molecule has 14 heteroatoms. The van der Waals surface area contributed by atoms with Crippen LogP contribution in [0.15, 0.2) is 85.2 Å². The van der Waals surface area contributed by atoms with Crippen molar-refractivity contribution in [2.45, 2.75) is 31.6 Å². The Morgan fingerprint density at radius 1 is 0.980 bits per heavy atom. The quantitative estimate of drug-likeness (QED) is 0.146. The van der Waals surface area contributed by atoms with E-state index in [4.69, 9.17) is 14.5 Å². The summed E-state index contributed by atoms with van der Waals surface area (Å²) >= 11 is 0. The fraction of sp³-hybridized carbons (Fsp3) is 0.229. The predicted octanol–water partition coefficient (Wildman–Crippen LogP) is 6.08. The number of fused-ring (bicyclic) bond motifs is 1. The zero-order chi connectivity index (χ0) is 34.5. The second-order valence-electron chi connectivity index (χ2n) is 11.6. The van der Waals surface area contributed by atoms with Crippen molar-refractivity contribution in [3.63, 3.8) is 0 Å². The van der Waals surface area contributed by atoms with Crippen molar-refractivity contribution in [1.29, 1.82) is 0 Å². The molecule has 0 radical (unpaired) electrons. The third-order valence-electron chi connectivity index (χ3n) is 8.17. The van der Waals surface area contributed by atoms with Gasteiger partial charge in [-0.25, -0.2) is 33.0 Å². The number of amides is 1. The molecule has 2 aromatic heterocycles. The van der Waals surface area contributed by atoms with Crippen LogP contribution in [0.25, 0.3) is 22.0 Å². The fourth-order valence-corrected chi connectivity index (χ4v) is 7.07. The maximum absolute atomic E-state index is 13.4. The van der Waals surface area contributed by atoms with E-state index in [-0.39, 0.29) is 17.5 Å². The highest BCUT2D eigenvalue weighted by Crippen LogP contribution is 2.39. The molecule has 3 N–H and O–H groups in total. The molecule has 1 unspecified atom stereocenters. The first-order valence-electron chi connectivity index (χ1n) is 15.5. The SMILES string of the molecule is COC(=O)c1ccccc1CS(=O)(=O)Nc1cccc2c(Oc3ncccc3-c3ccnc(NC4CCCN(C(=O)O)C4)n3)c(C)ccc12. The molecule has 0 bridgehead atoms. The van der Waals surface area contributed by atoms with Crippen LogP contribution >= 0.6 is 0 Å². The Morgan fingerprint density at radius 2 is 1.82 bits per heavy atom. The van der Waals surface area contributed by atoms with Gasteiger partial charge in [-0.15, -0.1) is 0 Å². The summed E-state index contributed by atoms with van der Waals surface area (Å²) in [5, 5.41) is 13.9. The average Bonchev–Trinajstić information content (AvgIpc) is 3.09. The van der Waals surface area contributed by atoms with Crippen molar-refractivity contribution in [2.24, 2.45) is 0 Å². The minimum Gasteiger partial charge on any atom is -0.465 e. The Kier molecular flexibility index (Phi) is 9.58. The molecule has 0 aliphatic carbocycles. The molecule has 1 saturated heterocycles. The molecule has 1 fully saturated rings. The summed E-state index contributed by atoms with van der Waals surface area (Å²) in [5.41, 5.74) is 2.77. The van der Waals surface area contributed by atoms with E-state index in [1.165, 1.54) is 18.1 Å². The number of anilines is 2. The summed E-state index contributed by atoms with van der Waals surface area (Å²) in [7, 11) is -2.71. The number of hydrogen-bond acceptors (Lipinski definition) is 10. The summed E-state index contributed by atoms with van der Waals surface area (Å²) < 4.78 is 40.7. The number of ether oxygens (including phenoxy) is 2. The number of carbonyl (C=O) groups excluding carboxylic acids is 1. The largest absolute Gasteiger partial charge is 0.465 e. The maximum Gasteiger partial charge on any atom is 0.407 e. The van der Waals surface area contributed by atoms with Gasteiger partial charge in [0, 0.05) is 42.3 Å². The molecule has 13 nitrogen and oxygen atoms in total. The van der Waals surface area contributed by atoms with Crippen LogP contribution in [0.3, 0.4) is 0 Å². The van der Waals surface area contributed by atoms with Gasteiger partial charge in [-0.05, 0) is 61.2 Å². The molecule has 3 heterocycles. The predicted molar refractivity (Wildman–Crippen MR) is 184 cm³/mol. The van der Waals surface area contributed by atoms with Gasteiger partial charge in [0.25, 0.3) is 0 Å². The number of nitrogens with zero attached hydrogens (tertiary/aromatic N) is 4. The summed E-state index contributed by atoms with van der Waals surface area (Å²) in [6.45, 7) is 2.72. The van der Waals surface area contributed by atoms with Crippen molar-refractivity contribution >= 4 is 44.5 Å². The lowest BCUT2D eigenvalue weighted by Gasteiger charge is -2.31. The van der Waals surface area contributed by atoms with E-state index in [0.29, 0.717) is 58.1 Å². The van der Waals surface area contributed by atoms with E-state index in [1.807, 2.05) is 31.2 Å². The van der Waals surface area contributed by atoms with E-state index in [2.05, 4.69) is 20.0 Å². The normalized spacial score (nSPS) is 14.7. The highest BCUT2D eigenvalue weighted by atomic mass is 32.2. The van der Waals surface area contributed by atoms with Crippen LogP contribution in [-0.2, 0) is 20.5 Å². The van der Waals surface area contributed by atoms with E-state index >= 15 is 0 Å². The number of benzene rings is 3. The number of pyridine rings is 1. The summed E-state index contributed by atoms with van der Waals surface area (Å²) in [4.78, 5) is 38.6. The van der Waals surface area contributed by atoms with E-state index in [0.717, 1.165) is 18.4 Å². The third kappa shape index (κ3) is 7.54. The first-order valence-corrected chi connectivity index (χ1v) is 17.2. The van der Waals surface area contributed by atoms with E-state index < -0.39 is 27.8 Å². The maximum atomic E-state index is 13.4. The summed E-state index contributed by atoms with van der Waals surface area (Å²) in [6.07, 6.45) is 3.80. The molecule has 0 spiro atoms. The zero-order valence-corrected chi connectivity index (χ0v) is 27.6. The Balaban J connectivity index is 1.27. The molecule has 5 aromatic rings. The van der Waals surface area contributed by atoms with Gasteiger partial charge in [-0.2, -0.15) is 0 Å². The standard InChI is InChI=1S/C35H34N6O7S/c1-22-14-15-26-27(11-5-13-30(26)40-49(45,46)21-23-8-3-4-10-25(23)33(42)47-2)31(22)48-32-28(12-6-17-36-32)29-16-18-37-34(39-29)38-24-9-7-19-41(20-24)35(43)44/h3-6,8,10-18,24,40H,7,9,19-21H2,1-2H3,(H,43,44)(H,37,38,39). The lowest BCUT2D eigenvalue weighted by molar-refractivity contribution is 0.0599. The van der Waals surface area contributed by atoms with Crippen LogP contribution < -0.4 is 14.8 Å². The number of piperidine rings is 1. The lowest BCUT2D eigenvalue weighted by atomic mass is 10.0. The minimum absolute atomic E-state index is 0.128. The van der Waals surface area contributed by atoms with Crippen LogP contribution in [-0.4, -0.2) is 71.7 Å². The van der Waals surface area contributed by atoms with Crippen LogP contribution in [0.2, 0.25) is 0 Å². The number of aromatic nitrogens is 3. The van der Waals surface area contributed by atoms with Crippen molar-refractivity contribution in [1.82, 2.24) is 19.9 Å². The molecule has 6 rings (SSSR count). The van der Waals surface area contributed by atoms with Gasteiger partial charge in [0.2, 0.25) is 21.9 Å². The Morgan fingerprint density at radius 3 is 2.63 bits per heavy atom. The van der Waals surface area contributed by atoms with Gasteiger partial charge < -0.3 is 24.8 Å². The molecular weight excluding hydrogens is 648 g/mol. The first-order chi connectivity index (χ1) is 23.6. The monoisotopic (exact) mass is 682 g/mol. The summed E-state index contributed by atoms with van der Waals surface area (Å²) in [6, 6.07) is 20.5. The van der Waals surface area contributed by atoms with Crippen molar-refractivity contribution in [3.05, 3.63) is 102 Å². The van der Waals surface area contributed by atoms with Gasteiger partial charge in [0.15, 0.2) is 0 Å². The van der Waals surface area contributed by atoms with Crippen LogP contribution in [0.1, 0.15) is 34.3 Å². The molecule has 49 heavy (non-hydrogen) atoms. The second kappa shape index (κ2) is 14.2. The van der Waals surface area contributed by atoms with Crippen LogP contribution in [0.4, 0.5) is 16.4 Å². The smallest absolute Gasteiger partial charge is 0.407 e. The molecule has 1 aliphatic heterocycles. The topological polar surface area (TPSA) is 173 Å². The molecule has 1 atom stereocenters. The molecular formula is C35H34N6O7S. The number of rotatable bonds is 10. The first kappa shape index (κ1) is 33.2. The molecule has 1 amide bonds. The van der Waals surface area contributed by atoms with Gasteiger partial charge >= 0.3 is 12.1 Å². The van der Waals surface area contributed by atoms with Crippen molar-refractivity contribution in [3.8, 4) is 22.9 Å². The Hall–Kier alpha value is -5.76. The molecule has 1 aliphatic rings. The van der Waals surface area contributed by atoms with Gasteiger partial charge in [-0.1, -0.05) is 42.5 Å². The Bertz CT molecular complexity index is 2140. The van der Waals surface area contributed by atoms with Crippen LogP contribution in [0, 0.1) is 6.92 Å². The number of carbonyl (C=O) groups is 2. The summed E-state index contributed by atoms with van der Waals surface area (Å²) in [5.74, 6) is 0.0702. The van der Waals surface area contributed by atoms with Gasteiger partial charge in [0.05, 0.1) is 35.4 Å². The number of carboxylic acid groups (broad SMARTS) is 1. The molecule has 3 aromatic carbocycles. The fourth-order valence-electron chi connectivity index (χ4n) is 5.82. The Labute approximate surface area is 283 Å². The zero-order valence-electron chi connectivity index (χ0n) is 26.8. The minimum atomic E-state index is -3.95. The van der Waals surface area contributed by atoms with Crippen molar-refractivity contribution < 1.29 is 32.6 Å². The number of aryl methyl sites for hydroxylation is 1. The van der Waals surface area contributed by atoms with E-state index in [9.17, 15) is 23.1 Å². The number of likely N-dealkylation sites (tertiary alicyclic amines) is 1. The van der Waals surface area contributed by atoms with Crippen molar-refractivity contribution in [2.75, 3.05) is 30.2 Å². The average molecular weight is 683 g/mol. The lowest BCUT2D eigenvalue weighted by Crippen LogP contribution is -2.44. The molecule has 252 valence electrons. The number of methoxy groups -OCH3 is 1. The highest BCUT2D eigenvalue weighted by molar-refractivity contribution is 7.91. The third-order valence-corrected chi connectivity index (χ3v) is 9.39. The highest BCUT2D eigenvalue weighted by Gasteiger charge is 2.24.